The maximum Gasteiger partial charge on any atom is 0.272 e. The van der Waals surface area contributed by atoms with E-state index in [4.69, 9.17) is 14.3 Å². The van der Waals surface area contributed by atoms with Crippen molar-refractivity contribution in [2.24, 2.45) is 0 Å². The molecule has 10 nitrogen and oxygen atoms in total. The van der Waals surface area contributed by atoms with Crippen LogP contribution >= 0.6 is 0 Å². The smallest absolute Gasteiger partial charge is 0.272 e. The van der Waals surface area contributed by atoms with E-state index in [1.807, 2.05) is 66.7 Å². The van der Waals surface area contributed by atoms with Gasteiger partial charge in [-0.25, -0.2) is 13.1 Å². The number of aromatic nitrogens is 2. The van der Waals surface area contributed by atoms with E-state index in [1.54, 1.807) is 41.2 Å². The highest BCUT2D eigenvalue weighted by atomic mass is 32.2. The summed E-state index contributed by atoms with van der Waals surface area (Å²) in [6.45, 7) is 0. The van der Waals surface area contributed by atoms with Crippen LogP contribution < -0.4 is 4.74 Å². The first kappa shape index (κ1) is 29.0. The Morgan fingerprint density at radius 3 is 2.41 bits per heavy atom. The molecule has 4 heterocycles. The second kappa shape index (κ2) is 11.3. The van der Waals surface area contributed by atoms with E-state index < -0.39 is 27.7 Å². The number of para-hydroxylation sites is 2. The van der Waals surface area contributed by atoms with Crippen LogP contribution in [-0.4, -0.2) is 59.6 Å². The van der Waals surface area contributed by atoms with Crippen LogP contribution in [0.3, 0.4) is 0 Å². The molecule has 7 rings (SSSR count). The number of nitriles is 1. The predicted octanol–water partition coefficient (Wildman–Crippen LogP) is 5.21. The van der Waals surface area contributed by atoms with Crippen molar-refractivity contribution in [3.63, 3.8) is 0 Å². The van der Waals surface area contributed by atoms with Crippen LogP contribution in [0.1, 0.15) is 17.5 Å². The topological polar surface area (TPSA) is 136 Å². The maximum atomic E-state index is 14.4. The SMILES string of the molecule is COc1ccc(C2=C(C#N)C(=O)N(C3CCS(=O)(=O)C3)C(=O)/C2=C\c2cn(-c3ccccc3)nc2-c2cc3ccccc3o2)cc1. The molecule has 11 heteroatoms. The molecule has 1 unspecified atom stereocenters. The molecule has 0 bridgehead atoms. The summed E-state index contributed by atoms with van der Waals surface area (Å²) in [6, 6.07) is 26.6. The van der Waals surface area contributed by atoms with Gasteiger partial charge in [0.15, 0.2) is 15.6 Å². The Kier molecular flexibility index (Phi) is 7.14. The number of carbonyl (C=O) groups excluding carboxylic acids is 2. The molecule has 0 N–H and O–H groups in total. The van der Waals surface area contributed by atoms with Crippen molar-refractivity contribution in [1.82, 2.24) is 14.7 Å². The Labute approximate surface area is 264 Å². The molecule has 2 amide bonds. The molecule has 0 saturated carbocycles. The quantitative estimate of drug-likeness (QED) is 0.184. The van der Waals surface area contributed by atoms with Crippen LogP contribution in [0, 0.1) is 11.3 Å². The number of ether oxygens (including phenoxy) is 1. The van der Waals surface area contributed by atoms with E-state index in [0.29, 0.717) is 33.9 Å². The van der Waals surface area contributed by atoms with E-state index in [0.717, 1.165) is 16.0 Å². The number of fused-ring (bicyclic) bond motifs is 1. The second-order valence-electron chi connectivity index (χ2n) is 11.0. The molecule has 5 aromatic rings. The first-order valence-corrected chi connectivity index (χ1v) is 16.3. The molecular weight excluding hydrogens is 604 g/mol. The largest absolute Gasteiger partial charge is 0.497 e. The van der Waals surface area contributed by atoms with E-state index in [1.165, 1.54) is 7.11 Å². The van der Waals surface area contributed by atoms with Gasteiger partial charge in [0.1, 0.15) is 28.7 Å². The fraction of sp³-hybridized carbons (Fsp3) is 0.143. The predicted molar refractivity (Wildman–Crippen MR) is 171 cm³/mol. The van der Waals surface area contributed by atoms with E-state index in [-0.39, 0.29) is 34.6 Å². The fourth-order valence-electron chi connectivity index (χ4n) is 5.95. The van der Waals surface area contributed by atoms with Gasteiger partial charge >= 0.3 is 0 Å². The highest BCUT2D eigenvalue weighted by molar-refractivity contribution is 7.91. The van der Waals surface area contributed by atoms with Gasteiger partial charge in [-0.05, 0) is 54.5 Å². The van der Waals surface area contributed by atoms with Crippen molar-refractivity contribution in [2.75, 3.05) is 18.6 Å². The number of furan rings is 1. The lowest BCUT2D eigenvalue weighted by Crippen LogP contribution is -2.49. The van der Waals surface area contributed by atoms with Gasteiger partial charge in [0, 0.05) is 22.7 Å². The summed E-state index contributed by atoms with van der Waals surface area (Å²) >= 11 is 0. The first-order valence-electron chi connectivity index (χ1n) is 14.5. The third-order valence-electron chi connectivity index (χ3n) is 8.19. The molecule has 2 aromatic heterocycles. The van der Waals surface area contributed by atoms with Gasteiger partial charge in [-0.2, -0.15) is 10.4 Å². The molecule has 2 aliphatic rings. The average molecular weight is 631 g/mol. The van der Waals surface area contributed by atoms with E-state index >= 15 is 0 Å². The molecule has 46 heavy (non-hydrogen) atoms. The highest BCUT2D eigenvalue weighted by Gasteiger charge is 2.45. The third-order valence-corrected chi connectivity index (χ3v) is 9.94. The van der Waals surface area contributed by atoms with Crippen LogP contribution in [-0.2, 0) is 19.4 Å². The minimum Gasteiger partial charge on any atom is -0.497 e. The van der Waals surface area contributed by atoms with Gasteiger partial charge in [0.05, 0.1) is 35.9 Å². The summed E-state index contributed by atoms with van der Waals surface area (Å²) in [6.07, 6.45) is 3.44. The van der Waals surface area contributed by atoms with Crippen molar-refractivity contribution in [2.45, 2.75) is 12.5 Å². The van der Waals surface area contributed by atoms with Gasteiger partial charge in [-0.15, -0.1) is 0 Å². The fourth-order valence-corrected chi connectivity index (χ4v) is 7.65. The first-order chi connectivity index (χ1) is 22.3. The van der Waals surface area contributed by atoms with Gasteiger partial charge in [-0.1, -0.05) is 48.5 Å². The van der Waals surface area contributed by atoms with Crippen molar-refractivity contribution in [3.8, 4) is 29.0 Å². The number of amides is 2. The number of hydrogen-bond acceptors (Lipinski definition) is 8. The van der Waals surface area contributed by atoms with Crippen LogP contribution in [0.15, 0.2) is 107 Å². The summed E-state index contributed by atoms with van der Waals surface area (Å²) in [5.74, 6) is -1.02. The summed E-state index contributed by atoms with van der Waals surface area (Å²) < 4.78 is 38.0. The van der Waals surface area contributed by atoms with Crippen LogP contribution in [0.4, 0.5) is 0 Å². The van der Waals surface area contributed by atoms with Crippen LogP contribution in [0.25, 0.3) is 39.8 Å². The second-order valence-corrected chi connectivity index (χ2v) is 13.3. The minimum absolute atomic E-state index is 0.0515. The monoisotopic (exact) mass is 630 g/mol. The van der Waals surface area contributed by atoms with Crippen molar-refractivity contribution in [1.29, 1.82) is 5.26 Å². The summed E-state index contributed by atoms with van der Waals surface area (Å²) in [5, 5.41) is 16.0. The number of rotatable bonds is 6. The highest BCUT2D eigenvalue weighted by Crippen LogP contribution is 2.39. The van der Waals surface area contributed by atoms with Crippen molar-refractivity contribution in [3.05, 3.63) is 113 Å². The Bertz CT molecular complexity index is 2210. The molecule has 1 atom stereocenters. The Morgan fingerprint density at radius 2 is 1.74 bits per heavy atom. The molecule has 0 radical (unpaired) electrons. The lowest BCUT2D eigenvalue weighted by Gasteiger charge is -2.32. The molecule has 3 aromatic carbocycles. The number of carbonyl (C=O) groups is 2. The average Bonchev–Trinajstić information content (AvgIpc) is 3.79. The molecule has 0 aliphatic carbocycles. The molecule has 1 saturated heterocycles. The number of benzene rings is 3. The minimum atomic E-state index is -3.45. The van der Waals surface area contributed by atoms with Gasteiger partial charge in [-0.3, -0.25) is 14.5 Å². The molecule has 0 spiro atoms. The number of sulfone groups is 1. The Morgan fingerprint density at radius 1 is 1.00 bits per heavy atom. The standard InChI is InChI=1S/C35H26N4O6S/c1-44-27-13-11-22(12-14-27)32-28(34(40)39(35(41)29(32)19-36)26-15-16-46(42,43)21-26)17-24-20-38(25-8-3-2-4-9-25)37-33(24)31-18-23-7-5-6-10-30(23)45-31/h2-14,17-18,20,26H,15-16,21H2,1H3/b28-17-. The summed E-state index contributed by atoms with van der Waals surface area (Å²) in [7, 11) is -1.93. The lowest BCUT2D eigenvalue weighted by atomic mass is 9.86. The number of hydrogen-bond donors (Lipinski definition) is 0. The maximum absolute atomic E-state index is 14.4. The van der Waals surface area contributed by atoms with Crippen molar-refractivity contribution < 1.29 is 27.2 Å². The molecule has 1 fully saturated rings. The Hall–Kier alpha value is -5.73. The molecule has 2 aliphatic heterocycles. The van der Waals surface area contributed by atoms with Crippen molar-refractivity contribution >= 4 is 44.3 Å². The summed E-state index contributed by atoms with van der Waals surface area (Å²) in [5.41, 5.74) is 2.71. The summed E-state index contributed by atoms with van der Waals surface area (Å²) in [4.78, 5) is 29.1. The molecule has 228 valence electrons. The van der Waals surface area contributed by atoms with E-state index in [2.05, 4.69) is 0 Å². The van der Waals surface area contributed by atoms with E-state index in [9.17, 15) is 23.3 Å². The van der Waals surface area contributed by atoms with Gasteiger partial charge in [0.2, 0.25) is 0 Å². The normalized spacial score (nSPS) is 18.8. The van der Waals surface area contributed by atoms with Gasteiger partial charge in [0.25, 0.3) is 11.8 Å². The third kappa shape index (κ3) is 5.08. The van der Waals surface area contributed by atoms with Gasteiger partial charge < -0.3 is 9.15 Å². The Balaban J connectivity index is 1.47. The zero-order valence-electron chi connectivity index (χ0n) is 24.6. The van der Waals surface area contributed by atoms with Crippen LogP contribution in [0.5, 0.6) is 5.75 Å². The number of imide groups is 1. The zero-order valence-corrected chi connectivity index (χ0v) is 25.4. The number of methoxy groups -OCH3 is 1. The molecular formula is C35H26N4O6S. The zero-order chi connectivity index (χ0) is 32.0. The number of nitrogens with zero attached hydrogens (tertiary/aromatic N) is 4. The van der Waals surface area contributed by atoms with Crippen LogP contribution in [0.2, 0.25) is 0 Å². The lowest BCUT2D eigenvalue weighted by molar-refractivity contribution is -0.142.